The minimum absolute atomic E-state index is 0.0134. The molecule has 0 saturated carbocycles. The summed E-state index contributed by atoms with van der Waals surface area (Å²) < 4.78 is 0. The topological polar surface area (TPSA) is 91.0 Å². The van der Waals surface area contributed by atoms with Crippen molar-refractivity contribution < 1.29 is 4.92 Å². The largest absolute Gasteiger partial charge is 0.378 e. The molecule has 0 heterocycles. The maximum Gasteiger partial charge on any atom is 0.292 e. The highest BCUT2D eigenvalue weighted by Crippen LogP contribution is 2.24. The van der Waals surface area contributed by atoms with Gasteiger partial charge in [-0.1, -0.05) is 6.92 Å². The first-order chi connectivity index (χ1) is 8.19. The van der Waals surface area contributed by atoms with E-state index in [1.807, 2.05) is 13.0 Å². The molecule has 1 aromatic rings. The molecule has 2 N–H and O–H groups in total. The van der Waals surface area contributed by atoms with Gasteiger partial charge in [0.15, 0.2) is 0 Å². The van der Waals surface area contributed by atoms with Crippen molar-refractivity contribution in [3.05, 3.63) is 33.9 Å². The predicted octanol–water partition coefficient (Wildman–Crippen LogP) is 1.49. The molecule has 90 valence electrons. The molecule has 0 aliphatic carbocycles. The zero-order valence-electron chi connectivity index (χ0n) is 9.56. The summed E-state index contributed by atoms with van der Waals surface area (Å²) in [5.41, 5.74) is 0.772. The second-order valence-electron chi connectivity index (χ2n) is 3.38. The lowest BCUT2D eigenvalue weighted by Gasteiger charge is -2.07. The fraction of sp³-hybridized carbons (Fsp3) is 0.364. The second-order valence-corrected chi connectivity index (χ2v) is 3.38. The summed E-state index contributed by atoms with van der Waals surface area (Å²) in [5, 5.41) is 25.6. The van der Waals surface area contributed by atoms with Crippen molar-refractivity contribution in [3.63, 3.8) is 0 Å². The number of nitrogens with zero attached hydrogens (tertiary/aromatic N) is 2. The molecule has 0 bridgehead atoms. The summed E-state index contributed by atoms with van der Waals surface area (Å²) >= 11 is 0. The molecule has 0 aliphatic rings. The summed E-state index contributed by atoms with van der Waals surface area (Å²) in [4.78, 5) is 10.3. The van der Waals surface area contributed by atoms with Crippen LogP contribution in [0, 0.1) is 21.4 Å². The van der Waals surface area contributed by atoms with Crippen LogP contribution < -0.4 is 10.6 Å². The van der Waals surface area contributed by atoms with Gasteiger partial charge < -0.3 is 10.6 Å². The molecule has 0 fully saturated rings. The Labute approximate surface area is 99.4 Å². The van der Waals surface area contributed by atoms with E-state index in [-0.39, 0.29) is 5.69 Å². The molecule has 6 nitrogen and oxygen atoms in total. The number of nitrogens with one attached hydrogen (secondary N) is 2. The summed E-state index contributed by atoms with van der Waals surface area (Å²) in [6.07, 6.45) is 0. The van der Waals surface area contributed by atoms with Crippen molar-refractivity contribution in [1.82, 2.24) is 5.32 Å². The molecule has 0 spiro atoms. The van der Waals surface area contributed by atoms with Gasteiger partial charge in [0.2, 0.25) is 0 Å². The van der Waals surface area contributed by atoms with Crippen LogP contribution in [0.15, 0.2) is 18.2 Å². The minimum Gasteiger partial charge on any atom is -0.378 e. The van der Waals surface area contributed by atoms with Gasteiger partial charge in [-0.05, 0) is 18.7 Å². The zero-order chi connectivity index (χ0) is 12.7. The van der Waals surface area contributed by atoms with E-state index in [0.717, 1.165) is 6.54 Å². The molecule has 0 unspecified atom stereocenters. The van der Waals surface area contributed by atoms with Crippen LogP contribution >= 0.6 is 0 Å². The third kappa shape index (κ3) is 3.74. The smallest absolute Gasteiger partial charge is 0.292 e. The number of hydrogen-bond donors (Lipinski definition) is 2. The Morgan fingerprint density at radius 2 is 2.24 bits per heavy atom. The van der Waals surface area contributed by atoms with Crippen molar-refractivity contribution in [2.45, 2.75) is 6.92 Å². The first-order valence-corrected chi connectivity index (χ1v) is 5.32. The second kappa shape index (κ2) is 6.45. The third-order valence-electron chi connectivity index (χ3n) is 2.19. The van der Waals surface area contributed by atoms with Crippen LogP contribution in [0.4, 0.5) is 11.4 Å². The maximum atomic E-state index is 10.8. The van der Waals surface area contributed by atoms with Gasteiger partial charge in [0.25, 0.3) is 5.69 Å². The van der Waals surface area contributed by atoms with Crippen molar-refractivity contribution in [1.29, 1.82) is 5.26 Å². The standard InChI is InChI=1S/C11H14N4O2/c1-2-13-5-6-14-10-7-9(8-12)3-4-11(10)15(16)17/h3-4,7,13-14H,2,5-6H2,1H3. The van der Waals surface area contributed by atoms with E-state index >= 15 is 0 Å². The first-order valence-electron chi connectivity index (χ1n) is 5.32. The highest BCUT2D eigenvalue weighted by Gasteiger charge is 2.13. The third-order valence-corrected chi connectivity index (χ3v) is 2.19. The van der Waals surface area contributed by atoms with Gasteiger partial charge in [-0.3, -0.25) is 10.1 Å². The number of nitro groups is 1. The van der Waals surface area contributed by atoms with Crippen molar-refractivity contribution in [3.8, 4) is 6.07 Å². The van der Waals surface area contributed by atoms with Gasteiger partial charge >= 0.3 is 0 Å². The van der Waals surface area contributed by atoms with E-state index < -0.39 is 4.92 Å². The van der Waals surface area contributed by atoms with E-state index in [1.165, 1.54) is 18.2 Å². The zero-order valence-corrected chi connectivity index (χ0v) is 9.56. The molecule has 0 aliphatic heterocycles. The molecule has 0 atom stereocenters. The highest BCUT2D eigenvalue weighted by molar-refractivity contribution is 5.64. The van der Waals surface area contributed by atoms with Crippen LogP contribution in [-0.2, 0) is 0 Å². The summed E-state index contributed by atoms with van der Waals surface area (Å²) in [6, 6.07) is 6.23. The van der Waals surface area contributed by atoms with Crippen LogP contribution in [0.3, 0.4) is 0 Å². The van der Waals surface area contributed by atoms with E-state index in [0.29, 0.717) is 24.3 Å². The first kappa shape index (κ1) is 12.9. The summed E-state index contributed by atoms with van der Waals surface area (Å²) in [7, 11) is 0. The van der Waals surface area contributed by atoms with Crippen molar-refractivity contribution in [2.24, 2.45) is 0 Å². The Morgan fingerprint density at radius 3 is 2.82 bits per heavy atom. The summed E-state index contributed by atoms with van der Waals surface area (Å²) in [6.45, 7) is 4.12. The Morgan fingerprint density at radius 1 is 1.47 bits per heavy atom. The molecule has 0 aromatic heterocycles. The summed E-state index contributed by atoms with van der Waals surface area (Å²) in [5.74, 6) is 0. The number of rotatable bonds is 6. The molecule has 17 heavy (non-hydrogen) atoms. The molecule has 0 amide bonds. The van der Waals surface area contributed by atoms with E-state index in [4.69, 9.17) is 5.26 Å². The lowest BCUT2D eigenvalue weighted by Crippen LogP contribution is -2.21. The van der Waals surface area contributed by atoms with Gasteiger partial charge in [-0.2, -0.15) is 5.26 Å². The lowest BCUT2D eigenvalue weighted by molar-refractivity contribution is -0.384. The molecule has 1 aromatic carbocycles. The molecule has 6 heteroatoms. The van der Waals surface area contributed by atoms with Gasteiger partial charge in [-0.15, -0.1) is 0 Å². The Balaban J connectivity index is 2.79. The average molecular weight is 234 g/mol. The molecule has 1 rings (SSSR count). The van der Waals surface area contributed by atoms with E-state index in [9.17, 15) is 10.1 Å². The quantitative estimate of drug-likeness (QED) is 0.442. The van der Waals surface area contributed by atoms with Crippen molar-refractivity contribution in [2.75, 3.05) is 25.0 Å². The normalized spacial score (nSPS) is 9.65. The minimum atomic E-state index is -0.462. The predicted molar refractivity (Wildman–Crippen MR) is 64.8 cm³/mol. The molecular weight excluding hydrogens is 220 g/mol. The highest BCUT2D eigenvalue weighted by atomic mass is 16.6. The van der Waals surface area contributed by atoms with Gasteiger partial charge in [0.1, 0.15) is 5.69 Å². The van der Waals surface area contributed by atoms with Crippen LogP contribution in [0.25, 0.3) is 0 Å². The van der Waals surface area contributed by atoms with Crippen LogP contribution in [0.5, 0.6) is 0 Å². The van der Waals surface area contributed by atoms with Gasteiger partial charge in [-0.25, -0.2) is 0 Å². The van der Waals surface area contributed by atoms with Gasteiger partial charge in [0.05, 0.1) is 16.6 Å². The van der Waals surface area contributed by atoms with Crippen LogP contribution in [-0.4, -0.2) is 24.6 Å². The number of likely N-dealkylation sites (N-methyl/N-ethyl adjacent to an activating group) is 1. The van der Waals surface area contributed by atoms with E-state index in [2.05, 4.69) is 10.6 Å². The number of hydrogen-bond acceptors (Lipinski definition) is 5. The molecule has 0 saturated heterocycles. The van der Waals surface area contributed by atoms with Crippen LogP contribution in [0.1, 0.15) is 12.5 Å². The number of benzene rings is 1. The SMILES string of the molecule is CCNCCNc1cc(C#N)ccc1[N+](=O)[O-]. The number of anilines is 1. The Hall–Kier alpha value is -2.13. The molecule has 0 radical (unpaired) electrons. The maximum absolute atomic E-state index is 10.8. The number of nitriles is 1. The molecular formula is C11H14N4O2. The lowest BCUT2D eigenvalue weighted by atomic mass is 10.2. The Kier molecular flexibility index (Phi) is 4.91. The Bertz CT molecular complexity index is 440. The fourth-order valence-corrected chi connectivity index (χ4v) is 1.37. The average Bonchev–Trinajstić information content (AvgIpc) is 2.34. The van der Waals surface area contributed by atoms with Crippen molar-refractivity contribution >= 4 is 11.4 Å². The van der Waals surface area contributed by atoms with Gasteiger partial charge in [0, 0.05) is 19.2 Å². The fourth-order valence-electron chi connectivity index (χ4n) is 1.37. The van der Waals surface area contributed by atoms with E-state index in [1.54, 1.807) is 0 Å². The number of nitro benzene ring substituents is 1. The van der Waals surface area contributed by atoms with Crippen LogP contribution in [0.2, 0.25) is 0 Å². The monoisotopic (exact) mass is 234 g/mol.